The Kier molecular flexibility index (Phi) is 6.68. The molecule has 0 bridgehead atoms. The number of benzene rings is 1. The molecule has 5 nitrogen and oxygen atoms in total. The highest BCUT2D eigenvalue weighted by Gasteiger charge is 2.17. The third-order valence-corrected chi connectivity index (χ3v) is 3.66. The van der Waals surface area contributed by atoms with Gasteiger partial charge in [-0.3, -0.25) is 4.79 Å². The van der Waals surface area contributed by atoms with E-state index in [1.165, 1.54) is 0 Å². The minimum absolute atomic E-state index is 0.0881. The largest absolute Gasteiger partial charge is 0.496 e. The molecular weight excluding hydrogens is 282 g/mol. The fraction of sp³-hybridized carbons (Fsp3) is 0.588. The third kappa shape index (κ3) is 4.71. The first kappa shape index (κ1) is 16.8. The second-order valence-corrected chi connectivity index (χ2v) is 5.42. The molecule has 0 aromatic heterocycles. The van der Waals surface area contributed by atoms with Gasteiger partial charge in [-0.15, -0.1) is 0 Å². The molecule has 0 spiro atoms. The van der Waals surface area contributed by atoms with E-state index >= 15 is 0 Å². The number of carbonyl (C=O) groups excluding carboxylic acids is 1. The summed E-state index contributed by atoms with van der Waals surface area (Å²) < 4.78 is 16.4. The van der Waals surface area contributed by atoms with Crippen LogP contribution in [0.3, 0.4) is 0 Å². The zero-order valence-corrected chi connectivity index (χ0v) is 13.4. The van der Waals surface area contributed by atoms with Crippen LogP contribution in [0.5, 0.6) is 5.75 Å². The summed E-state index contributed by atoms with van der Waals surface area (Å²) in [6, 6.07) is 5.41. The molecule has 1 saturated heterocycles. The normalized spacial score (nSPS) is 17.5. The summed E-state index contributed by atoms with van der Waals surface area (Å²) >= 11 is 0. The first-order valence-electron chi connectivity index (χ1n) is 7.89. The van der Waals surface area contributed by atoms with E-state index in [-0.39, 0.29) is 12.0 Å². The second kappa shape index (κ2) is 8.76. The standard InChI is InChI=1S/C17H25NO4/c1-3-8-21-12-14-10-13(6-7-16(14)20-2)17(19)18-11-15-5-4-9-22-15/h6-7,10,15H,3-5,8-9,11-12H2,1-2H3,(H,18,19)/t15-/m1/s1. The van der Waals surface area contributed by atoms with E-state index in [9.17, 15) is 4.79 Å². The minimum atomic E-state index is -0.0881. The number of carbonyl (C=O) groups is 1. The van der Waals surface area contributed by atoms with Gasteiger partial charge in [0.05, 0.1) is 19.8 Å². The summed E-state index contributed by atoms with van der Waals surface area (Å²) in [5.74, 6) is 0.654. The van der Waals surface area contributed by atoms with Gasteiger partial charge in [0.2, 0.25) is 0 Å². The number of amides is 1. The first-order chi connectivity index (χ1) is 10.7. The van der Waals surface area contributed by atoms with E-state index in [4.69, 9.17) is 14.2 Å². The van der Waals surface area contributed by atoms with Gasteiger partial charge in [-0.05, 0) is 37.5 Å². The van der Waals surface area contributed by atoms with Gasteiger partial charge >= 0.3 is 0 Å². The highest BCUT2D eigenvalue weighted by Crippen LogP contribution is 2.21. The lowest BCUT2D eigenvalue weighted by Gasteiger charge is -2.13. The van der Waals surface area contributed by atoms with Crippen molar-refractivity contribution in [3.8, 4) is 5.75 Å². The van der Waals surface area contributed by atoms with Crippen LogP contribution in [-0.2, 0) is 16.1 Å². The van der Waals surface area contributed by atoms with Crippen molar-refractivity contribution in [1.29, 1.82) is 0 Å². The number of rotatable bonds is 8. The van der Waals surface area contributed by atoms with Crippen molar-refractivity contribution >= 4 is 5.91 Å². The molecule has 1 aromatic rings. The van der Waals surface area contributed by atoms with E-state index < -0.39 is 0 Å². The van der Waals surface area contributed by atoms with Crippen molar-refractivity contribution in [1.82, 2.24) is 5.32 Å². The van der Waals surface area contributed by atoms with E-state index in [0.717, 1.165) is 37.2 Å². The smallest absolute Gasteiger partial charge is 0.251 e. The van der Waals surface area contributed by atoms with Crippen LogP contribution in [0, 0.1) is 0 Å². The molecule has 1 N–H and O–H groups in total. The molecule has 1 fully saturated rings. The van der Waals surface area contributed by atoms with Crippen molar-refractivity contribution in [3.63, 3.8) is 0 Å². The number of ether oxygens (including phenoxy) is 3. The van der Waals surface area contributed by atoms with Gasteiger partial charge in [0.25, 0.3) is 5.91 Å². The average Bonchev–Trinajstić information content (AvgIpc) is 3.06. The molecule has 1 aliphatic rings. The summed E-state index contributed by atoms with van der Waals surface area (Å²) in [6.45, 7) is 4.56. The Labute approximate surface area is 131 Å². The van der Waals surface area contributed by atoms with Crippen molar-refractivity contribution in [2.75, 3.05) is 26.9 Å². The molecule has 0 aliphatic carbocycles. The summed E-state index contributed by atoms with van der Waals surface area (Å²) in [5, 5.41) is 2.93. The van der Waals surface area contributed by atoms with Crippen LogP contribution in [0.4, 0.5) is 0 Å². The molecule has 2 rings (SSSR count). The number of hydrogen-bond donors (Lipinski definition) is 1. The van der Waals surface area contributed by atoms with Crippen molar-refractivity contribution in [2.45, 2.75) is 38.9 Å². The predicted octanol–water partition coefficient (Wildman–Crippen LogP) is 2.53. The first-order valence-corrected chi connectivity index (χ1v) is 7.89. The summed E-state index contributed by atoms with van der Waals surface area (Å²) in [5.41, 5.74) is 1.51. The lowest BCUT2D eigenvalue weighted by Crippen LogP contribution is -2.31. The van der Waals surface area contributed by atoms with E-state index in [2.05, 4.69) is 12.2 Å². The Morgan fingerprint density at radius 1 is 1.45 bits per heavy atom. The lowest BCUT2D eigenvalue weighted by atomic mass is 10.1. The summed E-state index contributed by atoms with van der Waals surface area (Å²) in [4.78, 5) is 12.2. The molecular formula is C17H25NO4. The molecule has 1 aromatic carbocycles. The zero-order chi connectivity index (χ0) is 15.8. The Hall–Kier alpha value is -1.59. The minimum Gasteiger partial charge on any atom is -0.496 e. The van der Waals surface area contributed by atoms with Gasteiger partial charge in [-0.25, -0.2) is 0 Å². The highest BCUT2D eigenvalue weighted by atomic mass is 16.5. The molecule has 122 valence electrons. The van der Waals surface area contributed by atoms with Crippen molar-refractivity contribution < 1.29 is 19.0 Å². The van der Waals surface area contributed by atoms with Gasteiger partial charge in [0.15, 0.2) is 0 Å². The van der Waals surface area contributed by atoms with Crippen LogP contribution in [0.15, 0.2) is 18.2 Å². The van der Waals surface area contributed by atoms with Crippen LogP contribution in [0.25, 0.3) is 0 Å². The van der Waals surface area contributed by atoms with Crippen LogP contribution in [-0.4, -0.2) is 38.9 Å². The molecule has 5 heteroatoms. The Bertz CT molecular complexity index is 484. The molecule has 1 amide bonds. The van der Waals surface area contributed by atoms with E-state index in [1.54, 1.807) is 13.2 Å². The highest BCUT2D eigenvalue weighted by molar-refractivity contribution is 5.94. The summed E-state index contributed by atoms with van der Waals surface area (Å²) in [6.07, 6.45) is 3.19. The number of hydrogen-bond acceptors (Lipinski definition) is 4. The van der Waals surface area contributed by atoms with E-state index in [0.29, 0.717) is 25.3 Å². The maximum Gasteiger partial charge on any atom is 0.251 e. The van der Waals surface area contributed by atoms with Crippen LogP contribution in [0.1, 0.15) is 42.1 Å². The molecule has 0 unspecified atom stereocenters. The molecule has 1 aliphatic heterocycles. The van der Waals surface area contributed by atoms with Crippen LogP contribution >= 0.6 is 0 Å². The number of nitrogens with one attached hydrogen (secondary N) is 1. The van der Waals surface area contributed by atoms with Crippen LogP contribution < -0.4 is 10.1 Å². The molecule has 22 heavy (non-hydrogen) atoms. The quantitative estimate of drug-likeness (QED) is 0.750. The van der Waals surface area contributed by atoms with Crippen LogP contribution in [0.2, 0.25) is 0 Å². The maximum absolute atomic E-state index is 12.2. The van der Waals surface area contributed by atoms with Gasteiger partial charge in [0, 0.05) is 30.9 Å². The van der Waals surface area contributed by atoms with Gasteiger partial charge in [-0.1, -0.05) is 6.92 Å². The number of methoxy groups -OCH3 is 1. The van der Waals surface area contributed by atoms with E-state index in [1.807, 2.05) is 12.1 Å². The molecule has 0 radical (unpaired) electrons. The second-order valence-electron chi connectivity index (χ2n) is 5.42. The van der Waals surface area contributed by atoms with Crippen molar-refractivity contribution in [3.05, 3.63) is 29.3 Å². The van der Waals surface area contributed by atoms with Crippen molar-refractivity contribution in [2.24, 2.45) is 0 Å². The Balaban J connectivity index is 1.96. The van der Waals surface area contributed by atoms with Gasteiger partial charge < -0.3 is 19.5 Å². The monoisotopic (exact) mass is 307 g/mol. The average molecular weight is 307 g/mol. The zero-order valence-electron chi connectivity index (χ0n) is 13.4. The third-order valence-electron chi connectivity index (χ3n) is 3.66. The molecule has 1 heterocycles. The topological polar surface area (TPSA) is 56.8 Å². The fourth-order valence-corrected chi connectivity index (χ4v) is 2.47. The SMILES string of the molecule is CCCOCc1cc(C(=O)NC[C@H]2CCCO2)ccc1OC. The Morgan fingerprint density at radius 3 is 3.00 bits per heavy atom. The van der Waals surface area contributed by atoms with Gasteiger partial charge in [0.1, 0.15) is 5.75 Å². The predicted molar refractivity (Wildman–Crippen MR) is 84.2 cm³/mol. The Morgan fingerprint density at radius 2 is 2.32 bits per heavy atom. The molecule has 0 saturated carbocycles. The maximum atomic E-state index is 12.2. The fourth-order valence-electron chi connectivity index (χ4n) is 2.47. The lowest BCUT2D eigenvalue weighted by molar-refractivity contribution is 0.0857. The molecule has 1 atom stereocenters. The summed E-state index contributed by atoms with van der Waals surface area (Å²) in [7, 11) is 1.62. The van der Waals surface area contributed by atoms with Gasteiger partial charge in [-0.2, -0.15) is 0 Å².